The van der Waals surface area contributed by atoms with Crippen LogP contribution in [0.1, 0.15) is 6.92 Å². The highest BCUT2D eigenvalue weighted by Gasteiger charge is 2.41. The maximum Gasteiger partial charge on any atom is 0.279 e. The van der Waals surface area contributed by atoms with Crippen LogP contribution >= 0.6 is 11.8 Å². The van der Waals surface area contributed by atoms with Crippen LogP contribution < -0.4 is 20.7 Å². The number of benzene rings is 1. The number of anilines is 2. The van der Waals surface area contributed by atoms with Crippen LogP contribution in [-0.2, 0) is 7.05 Å². The lowest BCUT2D eigenvalue weighted by Gasteiger charge is -2.40. The molecule has 9 nitrogen and oxygen atoms in total. The minimum absolute atomic E-state index is 0.0731. The van der Waals surface area contributed by atoms with Gasteiger partial charge in [0.05, 0.1) is 17.6 Å². The molecule has 2 aliphatic rings. The van der Waals surface area contributed by atoms with Gasteiger partial charge in [-0.05, 0) is 30.8 Å². The lowest BCUT2D eigenvalue weighted by Crippen LogP contribution is -2.59. The van der Waals surface area contributed by atoms with Gasteiger partial charge in [-0.1, -0.05) is 18.1 Å². The molecule has 1 unspecified atom stereocenters. The number of aromatic nitrogens is 4. The molecule has 4 heterocycles. The van der Waals surface area contributed by atoms with Crippen molar-refractivity contribution >= 4 is 34.3 Å². The standard InChI is InChI=1S/C22H26N8OS/c1-4-5-12-30-17-18(27(2)22(30)29-13-10-23-11-14-29)26-21(28(3)19(17)31)32-20-24-15-8-6-7-9-16(15)25-20/h6-9,22-23H,10-14H2,1-3H3,(H,24,25). The Morgan fingerprint density at radius 1 is 1.19 bits per heavy atom. The van der Waals surface area contributed by atoms with E-state index in [1.807, 2.05) is 38.2 Å². The van der Waals surface area contributed by atoms with E-state index >= 15 is 0 Å². The van der Waals surface area contributed by atoms with Crippen LogP contribution in [-0.4, -0.2) is 70.5 Å². The van der Waals surface area contributed by atoms with Crippen LogP contribution in [0, 0.1) is 11.8 Å². The lowest BCUT2D eigenvalue weighted by atomic mass is 10.3. The van der Waals surface area contributed by atoms with Gasteiger partial charge in [0, 0.05) is 40.3 Å². The first-order chi connectivity index (χ1) is 15.6. The average Bonchev–Trinajstić information content (AvgIpc) is 3.34. The predicted molar refractivity (Wildman–Crippen MR) is 127 cm³/mol. The van der Waals surface area contributed by atoms with E-state index < -0.39 is 0 Å². The summed E-state index contributed by atoms with van der Waals surface area (Å²) in [5.41, 5.74) is 2.38. The maximum absolute atomic E-state index is 13.5. The molecule has 0 saturated carbocycles. The van der Waals surface area contributed by atoms with Gasteiger partial charge in [-0.25, -0.2) is 9.97 Å². The van der Waals surface area contributed by atoms with Gasteiger partial charge in [-0.15, -0.1) is 5.92 Å². The summed E-state index contributed by atoms with van der Waals surface area (Å²) in [5, 5.41) is 4.71. The first-order valence-electron chi connectivity index (χ1n) is 10.7. The molecule has 1 fully saturated rings. The van der Waals surface area contributed by atoms with Gasteiger partial charge in [0.25, 0.3) is 5.56 Å². The zero-order chi connectivity index (χ0) is 22.2. The molecule has 3 aromatic rings. The fourth-order valence-corrected chi connectivity index (χ4v) is 5.16. The van der Waals surface area contributed by atoms with Crippen molar-refractivity contribution in [2.45, 2.75) is 23.5 Å². The summed E-state index contributed by atoms with van der Waals surface area (Å²) in [4.78, 5) is 32.9. The van der Waals surface area contributed by atoms with Crippen LogP contribution in [0.25, 0.3) is 11.0 Å². The fraction of sp³-hybridized carbons (Fsp3) is 0.409. The van der Waals surface area contributed by atoms with Crippen molar-refractivity contribution in [2.24, 2.45) is 7.05 Å². The molecule has 2 N–H and O–H groups in total. The van der Waals surface area contributed by atoms with Crippen molar-refractivity contribution in [2.75, 3.05) is 49.6 Å². The van der Waals surface area contributed by atoms with Crippen molar-refractivity contribution in [3.8, 4) is 11.8 Å². The van der Waals surface area contributed by atoms with E-state index in [1.165, 1.54) is 11.8 Å². The summed E-state index contributed by atoms with van der Waals surface area (Å²) in [6.45, 7) is 5.96. The monoisotopic (exact) mass is 450 g/mol. The number of aromatic amines is 1. The van der Waals surface area contributed by atoms with Crippen LogP contribution in [0.4, 0.5) is 11.5 Å². The second-order valence-electron chi connectivity index (χ2n) is 7.89. The van der Waals surface area contributed by atoms with Crippen LogP contribution in [0.15, 0.2) is 39.4 Å². The van der Waals surface area contributed by atoms with E-state index in [0.717, 1.165) is 37.2 Å². The van der Waals surface area contributed by atoms with Gasteiger partial charge < -0.3 is 20.1 Å². The Labute approximate surface area is 190 Å². The summed E-state index contributed by atoms with van der Waals surface area (Å²) in [6, 6.07) is 7.88. The number of hydrogen-bond acceptors (Lipinski definition) is 8. The molecular formula is C22H26N8OS. The van der Waals surface area contributed by atoms with E-state index in [9.17, 15) is 4.79 Å². The third-order valence-electron chi connectivity index (χ3n) is 5.91. The largest absolute Gasteiger partial charge is 0.333 e. The van der Waals surface area contributed by atoms with Crippen molar-refractivity contribution in [3.05, 3.63) is 34.6 Å². The molecule has 166 valence electrons. The fourth-order valence-electron chi connectivity index (χ4n) is 4.33. The molecule has 0 aliphatic carbocycles. The number of nitrogens with zero attached hydrogens (tertiary/aromatic N) is 6. The Kier molecular flexibility index (Phi) is 5.55. The number of imidazole rings is 1. The average molecular weight is 451 g/mol. The van der Waals surface area contributed by atoms with E-state index in [1.54, 1.807) is 11.6 Å². The molecular weight excluding hydrogens is 424 g/mol. The molecule has 2 aromatic heterocycles. The van der Waals surface area contributed by atoms with E-state index in [2.05, 4.69) is 41.8 Å². The zero-order valence-corrected chi connectivity index (χ0v) is 19.2. The van der Waals surface area contributed by atoms with Gasteiger partial charge in [-0.2, -0.15) is 0 Å². The molecule has 5 rings (SSSR count). The molecule has 1 aromatic carbocycles. The minimum Gasteiger partial charge on any atom is -0.333 e. The SMILES string of the molecule is CC#CCN1c2c(nc(Sc3nc4ccccc4[nH]3)n(C)c2=O)N(C)C1N1CCNCC1. The number of nitrogens with one attached hydrogen (secondary N) is 2. The van der Waals surface area contributed by atoms with Gasteiger partial charge in [0.2, 0.25) is 0 Å². The van der Waals surface area contributed by atoms with Gasteiger partial charge >= 0.3 is 0 Å². The molecule has 10 heteroatoms. The molecule has 0 radical (unpaired) electrons. The van der Waals surface area contributed by atoms with Gasteiger partial charge in [0.1, 0.15) is 5.69 Å². The summed E-state index contributed by atoms with van der Waals surface area (Å²) < 4.78 is 1.61. The smallest absolute Gasteiger partial charge is 0.279 e. The van der Waals surface area contributed by atoms with E-state index in [4.69, 9.17) is 4.98 Å². The normalized spacial score (nSPS) is 18.7. The first-order valence-corrected chi connectivity index (χ1v) is 11.5. The lowest BCUT2D eigenvalue weighted by molar-refractivity contribution is 0.174. The summed E-state index contributed by atoms with van der Waals surface area (Å²) in [6.07, 6.45) is -0.0837. The topological polar surface area (TPSA) is 85.3 Å². The molecule has 2 aliphatic heterocycles. The third kappa shape index (κ3) is 3.52. The van der Waals surface area contributed by atoms with Crippen molar-refractivity contribution in [1.82, 2.24) is 29.7 Å². The zero-order valence-electron chi connectivity index (χ0n) is 18.4. The Morgan fingerprint density at radius 2 is 1.97 bits per heavy atom. The third-order valence-corrected chi connectivity index (χ3v) is 6.85. The number of H-pyrrole nitrogens is 1. The first kappa shape index (κ1) is 20.9. The second kappa shape index (κ2) is 8.50. The predicted octanol–water partition coefficient (Wildman–Crippen LogP) is 1.28. The van der Waals surface area contributed by atoms with E-state index in [0.29, 0.717) is 28.4 Å². The van der Waals surface area contributed by atoms with Gasteiger partial charge in [-0.3, -0.25) is 14.3 Å². The van der Waals surface area contributed by atoms with Crippen molar-refractivity contribution in [3.63, 3.8) is 0 Å². The molecule has 0 amide bonds. The number of para-hydroxylation sites is 2. The molecule has 0 spiro atoms. The number of piperazine rings is 1. The second-order valence-corrected chi connectivity index (χ2v) is 8.85. The van der Waals surface area contributed by atoms with E-state index in [-0.39, 0.29) is 11.8 Å². The number of rotatable bonds is 4. The van der Waals surface area contributed by atoms with Crippen molar-refractivity contribution in [1.29, 1.82) is 0 Å². The van der Waals surface area contributed by atoms with Crippen LogP contribution in [0.5, 0.6) is 0 Å². The Morgan fingerprint density at radius 3 is 2.72 bits per heavy atom. The molecule has 1 saturated heterocycles. The maximum atomic E-state index is 13.5. The summed E-state index contributed by atoms with van der Waals surface area (Å²) in [5.74, 6) is 6.80. The quantitative estimate of drug-likeness (QED) is 0.454. The minimum atomic E-state index is -0.0837. The van der Waals surface area contributed by atoms with Crippen LogP contribution in [0.3, 0.4) is 0 Å². The van der Waals surface area contributed by atoms with Crippen LogP contribution in [0.2, 0.25) is 0 Å². The Balaban J connectivity index is 1.55. The number of fused-ring (bicyclic) bond motifs is 2. The summed E-state index contributed by atoms with van der Waals surface area (Å²) in [7, 11) is 3.77. The van der Waals surface area contributed by atoms with Crippen molar-refractivity contribution < 1.29 is 0 Å². The Bertz CT molecular complexity index is 1230. The summed E-state index contributed by atoms with van der Waals surface area (Å²) >= 11 is 1.37. The molecule has 0 bridgehead atoms. The molecule has 32 heavy (non-hydrogen) atoms. The number of hydrogen-bond donors (Lipinski definition) is 2. The molecule has 1 atom stereocenters. The highest BCUT2D eigenvalue weighted by molar-refractivity contribution is 7.99. The highest BCUT2D eigenvalue weighted by Crippen LogP contribution is 2.37. The van der Waals surface area contributed by atoms with Gasteiger partial charge in [0.15, 0.2) is 22.4 Å². The Hall–Kier alpha value is -3.00. The highest BCUT2D eigenvalue weighted by atomic mass is 32.2.